The highest BCUT2D eigenvalue weighted by molar-refractivity contribution is 7.90. The smallest absolute Gasteiger partial charge is 0.283 e. The summed E-state index contributed by atoms with van der Waals surface area (Å²) in [6, 6.07) is 0.888. The van der Waals surface area contributed by atoms with Gasteiger partial charge >= 0.3 is 0 Å². The minimum absolute atomic E-state index is 0.232. The number of aromatic hydroxyl groups is 1. The molecule has 12 heavy (non-hydrogen) atoms. The van der Waals surface area contributed by atoms with Crippen molar-refractivity contribution in [1.29, 1.82) is 0 Å². The van der Waals surface area contributed by atoms with Gasteiger partial charge in [-0.25, -0.2) is 8.42 Å². The third kappa shape index (κ3) is 1.48. The topological polar surface area (TPSA) is 84.6 Å². The van der Waals surface area contributed by atoms with Crippen LogP contribution >= 0.6 is 0 Å². The van der Waals surface area contributed by atoms with Gasteiger partial charge in [0, 0.05) is 12.3 Å². The number of sulfone groups is 1. The van der Waals surface area contributed by atoms with E-state index in [1.165, 1.54) is 0 Å². The van der Waals surface area contributed by atoms with Crippen LogP contribution in [0.15, 0.2) is 15.4 Å². The molecule has 0 spiro atoms. The molecular formula is C6H6O5S. The van der Waals surface area contributed by atoms with Crippen LogP contribution in [-0.2, 0) is 9.84 Å². The minimum Gasteiger partial charge on any atom is -0.481 e. The van der Waals surface area contributed by atoms with Crippen LogP contribution in [0.2, 0.25) is 0 Å². The van der Waals surface area contributed by atoms with Gasteiger partial charge in [-0.1, -0.05) is 0 Å². The molecule has 1 aromatic heterocycles. The summed E-state index contributed by atoms with van der Waals surface area (Å²) < 4.78 is 26.2. The summed E-state index contributed by atoms with van der Waals surface area (Å²) in [6.45, 7) is 0. The standard InChI is InChI=1S/C6H6O5S/c1-12(9,10)5-2-6(8)11-4(5)3-7/h2-3,8H,1H3. The number of aldehydes is 1. The van der Waals surface area contributed by atoms with Crippen LogP contribution < -0.4 is 0 Å². The van der Waals surface area contributed by atoms with Gasteiger partial charge in [-0.2, -0.15) is 0 Å². The van der Waals surface area contributed by atoms with Gasteiger partial charge in [0.25, 0.3) is 5.95 Å². The lowest BCUT2D eigenvalue weighted by Crippen LogP contribution is -1.97. The van der Waals surface area contributed by atoms with Crippen molar-refractivity contribution >= 4 is 16.1 Å². The summed E-state index contributed by atoms with van der Waals surface area (Å²) in [6.07, 6.45) is 1.15. The van der Waals surface area contributed by atoms with Gasteiger partial charge < -0.3 is 9.52 Å². The SMILES string of the molecule is CS(=O)(=O)c1cc(O)oc1C=O. The van der Waals surface area contributed by atoms with Crippen molar-refractivity contribution in [2.24, 2.45) is 0 Å². The van der Waals surface area contributed by atoms with Crippen LogP contribution in [0.1, 0.15) is 10.6 Å². The molecule has 6 heteroatoms. The lowest BCUT2D eigenvalue weighted by molar-refractivity contribution is 0.109. The first-order chi connectivity index (χ1) is 5.45. The zero-order valence-corrected chi connectivity index (χ0v) is 6.96. The molecule has 0 aliphatic heterocycles. The fourth-order valence-corrected chi connectivity index (χ4v) is 1.52. The molecule has 0 atom stereocenters. The predicted molar refractivity (Wildman–Crippen MR) is 38.9 cm³/mol. The molecular weight excluding hydrogens is 184 g/mol. The molecule has 0 aliphatic rings. The van der Waals surface area contributed by atoms with E-state index < -0.39 is 15.8 Å². The Morgan fingerprint density at radius 2 is 2.17 bits per heavy atom. The first kappa shape index (κ1) is 8.79. The molecule has 1 rings (SSSR count). The Bertz CT molecular complexity index is 400. The average molecular weight is 190 g/mol. The molecule has 1 N–H and O–H groups in total. The van der Waals surface area contributed by atoms with Crippen molar-refractivity contribution in [3.63, 3.8) is 0 Å². The maximum Gasteiger partial charge on any atom is 0.283 e. The molecule has 0 aromatic carbocycles. The second-order valence-electron chi connectivity index (χ2n) is 2.20. The van der Waals surface area contributed by atoms with Crippen LogP contribution in [-0.4, -0.2) is 26.1 Å². The number of carbonyl (C=O) groups excluding carboxylic acids is 1. The number of carbonyl (C=O) groups is 1. The molecule has 0 aliphatic carbocycles. The van der Waals surface area contributed by atoms with E-state index >= 15 is 0 Å². The quantitative estimate of drug-likeness (QED) is 0.673. The maximum atomic E-state index is 10.9. The highest BCUT2D eigenvalue weighted by Gasteiger charge is 2.18. The second kappa shape index (κ2) is 2.63. The van der Waals surface area contributed by atoms with E-state index in [0.717, 1.165) is 12.3 Å². The number of furan rings is 1. The maximum absolute atomic E-state index is 10.9. The van der Waals surface area contributed by atoms with Crippen LogP contribution in [0.5, 0.6) is 5.95 Å². The van der Waals surface area contributed by atoms with Crippen molar-refractivity contribution in [2.75, 3.05) is 6.26 Å². The van der Waals surface area contributed by atoms with Gasteiger partial charge in [-0.15, -0.1) is 0 Å². The summed E-state index contributed by atoms with van der Waals surface area (Å²) >= 11 is 0. The monoisotopic (exact) mass is 190 g/mol. The normalized spacial score (nSPS) is 11.4. The zero-order valence-electron chi connectivity index (χ0n) is 6.14. The van der Waals surface area contributed by atoms with Crippen molar-refractivity contribution in [2.45, 2.75) is 4.90 Å². The van der Waals surface area contributed by atoms with Gasteiger partial charge in [-0.3, -0.25) is 4.79 Å². The molecule has 0 fully saturated rings. The first-order valence-corrected chi connectivity index (χ1v) is 4.82. The van der Waals surface area contributed by atoms with Crippen LogP contribution in [0, 0.1) is 0 Å². The van der Waals surface area contributed by atoms with Gasteiger partial charge in [0.1, 0.15) is 4.90 Å². The van der Waals surface area contributed by atoms with Crippen molar-refractivity contribution in [3.8, 4) is 5.95 Å². The van der Waals surface area contributed by atoms with Gasteiger partial charge in [0.2, 0.25) is 0 Å². The largest absolute Gasteiger partial charge is 0.481 e. The first-order valence-electron chi connectivity index (χ1n) is 2.93. The van der Waals surface area contributed by atoms with Crippen molar-refractivity contribution in [1.82, 2.24) is 0 Å². The molecule has 0 saturated heterocycles. The van der Waals surface area contributed by atoms with Crippen molar-refractivity contribution in [3.05, 3.63) is 11.8 Å². The number of hydrogen-bond donors (Lipinski definition) is 1. The van der Waals surface area contributed by atoms with Crippen LogP contribution in [0.3, 0.4) is 0 Å². The highest BCUT2D eigenvalue weighted by atomic mass is 32.2. The third-order valence-electron chi connectivity index (χ3n) is 1.22. The summed E-state index contributed by atoms with van der Waals surface area (Å²) in [5.41, 5.74) is 0. The minimum atomic E-state index is -3.51. The molecule has 0 unspecified atom stereocenters. The summed E-state index contributed by atoms with van der Waals surface area (Å²) in [5, 5.41) is 8.74. The highest BCUT2D eigenvalue weighted by Crippen LogP contribution is 2.23. The zero-order chi connectivity index (χ0) is 9.35. The summed E-state index contributed by atoms with van der Waals surface area (Å²) in [4.78, 5) is 9.92. The Morgan fingerprint density at radius 1 is 1.58 bits per heavy atom. The lowest BCUT2D eigenvalue weighted by atomic mass is 10.5. The Labute approximate surface area is 68.5 Å². The number of rotatable bonds is 2. The fourth-order valence-electron chi connectivity index (χ4n) is 0.748. The van der Waals surface area contributed by atoms with E-state index in [2.05, 4.69) is 4.42 Å². The molecule has 0 saturated carbocycles. The molecule has 5 nitrogen and oxygen atoms in total. The molecule has 1 heterocycles. The van der Waals surface area contributed by atoms with Gasteiger partial charge in [-0.05, 0) is 0 Å². The van der Waals surface area contributed by atoms with Crippen LogP contribution in [0.25, 0.3) is 0 Å². The average Bonchev–Trinajstić information content (AvgIpc) is 2.29. The lowest BCUT2D eigenvalue weighted by Gasteiger charge is -1.89. The fraction of sp³-hybridized carbons (Fsp3) is 0.167. The number of hydrogen-bond acceptors (Lipinski definition) is 5. The predicted octanol–water partition coefficient (Wildman–Crippen LogP) is 0.201. The Hall–Kier alpha value is -1.30. The van der Waals surface area contributed by atoms with E-state index in [1.54, 1.807) is 0 Å². The van der Waals surface area contributed by atoms with Crippen LogP contribution in [0.4, 0.5) is 0 Å². The van der Waals surface area contributed by atoms with E-state index in [0.29, 0.717) is 0 Å². The second-order valence-corrected chi connectivity index (χ2v) is 4.19. The van der Waals surface area contributed by atoms with Crippen molar-refractivity contribution < 1.29 is 22.7 Å². The molecule has 0 bridgehead atoms. The van der Waals surface area contributed by atoms with Gasteiger partial charge in [0.15, 0.2) is 21.9 Å². The molecule has 66 valence electrons. The summed E-state index contributed by atoms with van der Waals surface area (Å²) in [7, 11) is -3.51. The Kier molecular flexibility index (Phi) is 1.93. The molecule has 0 amide bonds. The van der Waals surface area contributed by atoms with E-state index in [4.69, 9.17) is 5.11 Å². The Balaban J connectivity index is 3.42. The van der Waals surface area contributed by atoms with E-state index in [-0.39, 0.29) is 16.9 Å². The Morgan fingerprint density at radius 3 is 2.50 bits per heavy atom. The van der Waals surface area contributed by atoms with Gasteiger partial charge in [0.05, 0.1) is 0 Å². The molecule has 1 aromatic rings. The van der Waals surface area contributed by atoms with E-state index in [9.17, 15) is 13.2 Å². The summed E-state index contributed by atoms with van der Waals surface area (Å²) in [5.74, 6) is -0.965. The van der Waals surface area contributed by atoms with E-state index in [1.807, 2.05) is 0 Å². The molecule has 0 radical (unpaired) electrons. The third-order valence-corrected chi connectivity index (χ3v) is 2.34.